The van der Waals surface area contributed by atoms with Crippen molar-refractivity contribution < 1.29 is 4.42 Å². The monoisotopic (exact) mass is 243 g/mol. The second-order valence-electron chi connectivity index (χ2n) is 4.08. The van der Waals surface area contributed by atoms with Crippen molar-refractivity contribution in [2.75, 3.05) is 5.32 Å². The van der Waals surface area contributed by atoms with Gasteiger partial charge in [0.05, 0.1) is 12.2 Å². The molecule has 2 aromatic rings. The van der Waals surface area contributed by atoms with E-state index in [0.717, 1.165) is 5.69 Å². The molecule has 0 bridgehead atoms. The van der Waals surface area contributed by atoms with Crippen LogP contribution in [0.4, 0.5) is 6.01 Å². The summed E-state index contributed by atoms with van der Waals surface area (Å²) >= 11 is 0. The molecule has 2 aromatic heterocycles. The molecule has 0 atom stereocenters. The molecule has 0 aliphatic rings. The fraction of sp³-hybridized carbons (Fsp3) is 0.333. The van der Waals surface area contributed by atoms with Crippen molar-refractivity contribution in [1.29, 1.82) is 5.26 Å². The molecular formula is C12H13N5O. The molecule has 0 spiro atoms. The standard InChI is InChI=1S/C12H13N5O/c1-8(2)11-16-17-12(18-11)14-7-10-5-3-4-9(6-13)15-10/h3-5,8H,7H2,1-2H3,(H,14,17). The molecule has 0 saturated carbocycles. The summed E-state index contributed by atoms with van der Waals surface area (Å²) in [5, 5.41) is 19.5. The first-order chi connectivity index (χ1) is 8.69. The van der Waals surface area contributed by atoms with Crippen LogP contribution in [-0.2, 0) is 6.54 Å². The molecule has 6 nitrogen and oxygen atoms in total. The molecule has 0 amide bonds. The van der Waals surface area contributed by atoms with Crippen LogP contribution >= 0.6 is 0 Å². The zero-order valence-corrected chi connectivity index (χ0v) is 10.2. The molecule has 1 N–H and O–H groups in total. The number of hydrogen-bond donors (Lipinski definition) is 1. The lowest BCUT2D eigenvalue weighted by molar-refractivity contribution is 0.480. The van der Waals surface area contributed by atoms with Crippen LogP contribution in [0.2, 0.25) is 0 Å². The van der Waals surface area contributed by atoms with Crippen LogP contribution in [0.15, 0.2) is 22.6 Å². The Hall–Kier alpha value is -2.42. The second-order valence-corrected chi connectivity index (χ2v) is 4.08. The van der Waals surface area contributed by atoms with Crippen molar-refractivity contribution in [3.05, 3.63) is 35.5 Å². The highest BCUT2D eigenvalue weighted by Crippen LogP contribution is 2.15. The van der Waals surface area contributed by atoms with Crippen LogP contribution in [0.1, 0.15) is 37.0 Å². The first kappa shape index (κ1) is 12.0. The lowest BCUT2D eigenvalue weighted by atomic mass is 10.2. The Morgan fingerprint density at radius 2 is 2.22 bits per heavy atom. The first-order valence-electron chi connectivity index (χ1n) is 5.62. The van der Waals surface area contributed by atoms with Crippen LogP contribution in [0.3, 0.4) is 0 Å². The number of anilines is 1. The van der Waals surface area contributed by atoms with Crippen LogP contribution in [0.25, 0.3) is 0 Å². The average Bonchev–Trinajstić information content (AvgIpc) is 2.85. The van der Waals surface area contributed by atoms with Gasteiger partial charge in [-0.2, -0.15) is 5.26 Å². The van der Waals surface area contributed by atoms with Gasteiger partial charge in [-0.3, -0.25) is 0 Å². The largest absolute Gasteiger partial charge is 0.408 e. The second kappa shape index (κ2) is 5.27. The quantitative estimate of drug-likeness (QED) is 0.884. The molecule has 0 aliphatic heterocycles. The minimum Gasteiger partial charge on any atom is -0.408 e. The highest BCUT2D eigenvalue weighted by Gasteiger charge is 2.09. The topological polar surface area (TPSA) is 87.6 Å². The number of rotatable bonds is 4. The average molecular weight is 243 g/mol. The molecule has 2 heterocycles. The van der Waals surface area contributed by atoms with E-state index >= 15 is 0 Å². The van der Waals surface area contributed by atoms with Crippen LogP contribution in [-0.4, -0.2) is 15.2 Å². The van der Waals surface area contributed by atoms with Crippen molar-refractivity contribution in [3.8, 4) is 6.07 Å². The molecule has 0 unspecified atom stereocenters. The minimum absolute atomic E-state index is 0.202. The van der Waals surface area contributed by atoms with Crippen LogP contribution in [0.5, 0.6) is 0 Å². The summed E-state index contributed by atoms with van der Waals surface area (Å²) in [6.45, 7) is 4.40. The summed E-state index contributed by atoms with van der Waals surface area (Å²) in [7, 11) is 0. The van der Waals surface area contributed by atoms with Crippen molar-refractivity contribution in [2.24, 2.45) is 0 Å². The molecule has 92 valence electrons. The van der Waals surface area contributed by atoms with Gasteiger partial charge in [0.25, 0.3) is 0 Å². The zero-order chi connectivity index (χ0) is 13.0. The van der Waals surface area contributed by atoms with Gasteiger partial charge in [-0.05, 0) is 12.1 Å². The molecule has 18 heavy (non-hydrogen) atoms. The third-order valence-corrected chi connectivity index (χ3v) is 2.28. The zero-order valence-electron chi connectivity index (χ0n) is 10.2. The van der Waals surface area contributed by atoms with Crippen LogP contribution in [0, 0.1) is 11.3 Å². The number of nitriles is 1. The van der Waals surface area contributed by atoms with Gasteiger partial charge < -0.3 is 9.73 Å². The van der Waals surface area contributed by atoms with Crippen molar-refractivity contribution in [2.45, 2.75) is 26.3 Å². The molecule has 0 aromatic carbocycles. The number of pyridine rings is 1. The van der Waals surface area contributed by atoms with E-state index in [0.29, 0.717) is 24.1 Å². The SMILES string of the molecule is CC(C)c1nnc(NCc2cccc(C#N)n2)o1. The van der Waals surface area contributed by atoms with Gasteiger partial charge in [0, 0.05) is 5.92 Å². The lowest BCUT2D eigenvalue weighted by Gasteiger charge is -2.01. The normalized spacial score (nSPS) is 10.3. The van der Waals surface area contributed by atoms with Crippen molar-refractivity contribution in [3.63, 3.8) is 0 Å². The first-order valence-corrected chi connectivity index (χ1v) is 5.62. The van der Waals surface area contributed by atoms with E-state index in [-0.39, 0.29) is 5.92 Å². The highest BCUT2D eigenvalue weighted by molar-refractivity contribution is 5.25. The Bertz CT molecular complexity index is 570. The lowest BCUT2D eigenvalue weighted by Crippen LogP contribution is -2.02. The van der Waals surface area contributed by atoms with Gasteiger partial charge in [0.2, 0.25) is 5.89 Å². The maximum absolute atomic E-state index is 8.74. The molecule has 6 heteroatoms. The Kier molecular flexibility index (Phi) is 3.53. The van der Waals surface area contributed by atoms with E-state index in [4.69, 9.17) is 9.68 Å². The summed E-state index contributed by atoms with van der Waals surface area (Å²) in [5.74, 6) is 0.796. The van der Waals surface area contributed by atoms with Gasteiger partial charge in [-0.15, -0.1) is 5.10 Å². The Balaban J connectivity index is 2.00. The highest BCUT2D eigenvalue weighted by atomic mass is 16.4. The molecule has 0 fully saturated rings. The molecule has 0 saturated heterocycles. The molecular weight excluding hydrogens is 230 g/mol. The fourth-order valence-corrected chi connectivity index (χ4v) is 1.35. The van der Waals surface area contributed by atoms with E-state index in [9.17, 15) is 0 Å². The maximum Gasteiger partial charge on any atom is 0.315 e. The van der Waals surface area contributed by atoms with Crippen LogP contribution < -0.4 is 5.32 Å². The number of hydrogen-bond acceptors (Lipinski definition) is 6. The summed E-state index contributed by atoms with van der Waals surface area (Å²) < 4.78 is 5.40. The van der Waals surface area contributed by atoms with Gasteiger partial charge in [0.15, 0.2) is 0 Å². The summed E-state index contributed by atoms with van der Waals surface area (Å²) in [4.78, 5) is 4.13. The summed E-state index contributed by atoms with van der Waals surface area (Å²) in [6, 6.07) is 7.63. The predicted molar refractivity (Wildman–Crippen MR) is 64.7 cm³/mol. The molecule has 2 rings (SSSR count). The third kappa shape index (κ3) is 2.83. The Labute approximate surface area is 105 Å². The van der Waals surface area contributed by atoms with E-state index in [2.05, 4.69) is 20.5 Å². The number of nitrogens with one attached hydrogen (secondary N) is 1. The predicted octanol–water partition coefficient (Wildman–Crippen LogP) is 2.07. The Morgan fingerprint density at radius 3 is 2.89 bits per heavy atom. The van der Waals surface area contributed by atoms with Gasteiger partial charge in [-0.1, -0.05) is 25.0 Å². The van der Waals surface area contributed by atoms with Gasteiger partial charge >= 0.3 is 6.01 Å². The van der Waals surface area contributed by atoms with Gasteiger partial charge in [0.1, 0.15) is 11.8 Å². The van der Waals surface area contributed by atoms with E-state index in [1.807, 2.05) is 26.0 Å². The summed E-state index contributed by atoms with van der Waals surface area (Å²) in [6.07, 6.45) is 0. The van der Waals surface area contributed by atoms with Gasteiger partial charge in [-0.25, -0.2) is 4.98 Å². The fourth-order valence-electron chi connectivity index (χ4n) is 1.35. The molecule has 0 aliphatic carbocycles. The Morgan fingerprint density at radius 1 is 1.39 bits per heavy atom. The summed E-state index contributed by atoms with van der Waals surface area (Å²) in [5.41, 5.74) is 1.14. The third-order valence-electron chi connectivity index (χ3n) is 2.28. The molecule has 0 radical (unpaired) electrons. The maximum atomic E-state index is 8.74. The van der Waals surface area contributed by atoms with Crippen molar-refractivity contribution in [1.82, 2.24) is 15.2 Å². The van der Waals surface area contributed by atoms with E-state index < -0.39 is 0 Å². The van der Waals surface area contributed by atoms with E-state index in [1.54, 1.807) is 12.1 Å². The number of nitrogens with zero attached hydrogens (tertiary/aromatic N) is 4. The van der Waals surface area contributed by atoms with E-state index in [1.165, 1.54) is 0 Å². The van der Waals surface area contributed by atoms with Crippen molar-refractivity contribution >= 4 is 6.01 Å². The smallest absolute Gasteiger partial charge is 0.315 e. The minimum atomic E-state index is 0.202. The number of aromatic nitrogens is 3.